The molecule has 0 amide bonds. The number of aromatic nitrogens is 1. The number of guanidine groups is 1. The molecule has 0 bridgehead atoms. The molecule has 0 saturated heterocycles. The number of methoxy groups -OCH3 is 3. The lowest BCUT2D eigenvalue weighted by atomic mass is 10.1. The number of hydrogen-bond acceptors (Lipinski definition) is 6. The van der Waals surface area contributed by atoms with E-state index in [2.05, 4.69) is 27.5 Å². The van der Waals surface area contributed by atoms with Crippen molar-refractivity contribution in [1.82, 2.24) is 15.6 Å². The molecule has 0 spiro atoms. The molecule has 0 aliphatic carbocycles. The van der Waals surface area contributed by atoms with Gasteiger partial charge in [0.25, 0.3) is 0 Å². The van der Waals surface area contributed by atoms with Crippen LogP contribution in [0.15, 0.2) is 23.3 Å². The second-order valence-corrected chi connectivity index (χ2v) is 6.84. The molecule has 0 aliphatic heterocycles. The molecule has 2 aromatic rings. The summed E-state index contributed by atoms with van der Waals surface area (Å²) in [5, 5.41) is 7.62. The van der Waals surface area contributed by atoms with Crippen molar-refractivity contribution in [3.8, 4) is 17.2 Å². The van der Waals surface area contributed by atoms with Gasteiger partial charge in [0.1, 0.15) is 10.8 Å². The van der Waals surface area contributed by atoms with Crippen molar-refractivity contribution in [2.75, 3.05) is 27.9 Å². The smallest absolute Gasteiger partial charge is 0.191 e. The highest BCUT2D eigenvalue weighted by atomic mass is 32.1. The standard InChI is InChI=1S/C19H28N4O3S/c1-6-14-11-21-18(27-14)12-23-19(20-7-2)22-10-13-8-16(25-4)17(26-5)9-15(13)24-3/h8-9,11H,6-7,10,12H2,1-5H3,(H2,20,22,23). The molecule has 0 aliphatic rings. The Hall–Kier alpha value is -2.48. The zero-order valence-electron chi connectivity index (χ0n) is 16.6. The third-order valence-electron chi connectivity index (χ3n) is 3.90. The Balaban J connectivity index is 2.13. The number of rotatable bonds is 9. The molecular formula is C19H28N4O3S. The van der Waals surface area contributed by atoms with Gasteiger partial charge in [-0.1, -0.05) is 6.92 Å². The van der Waals surface area contributed by atoms with Crippen LogP contribution in [0, 0.1) is 0 Å². The van der Waals surface area contributed by atoms with E-state index in [0.717, 1.165) is 29.5 Å². The molecule has 8 heteroatoms. The topological polar surface area (TPSA) is 77.0 Å². The van der Waals surface area contributed by atoms with Gasteiger partial charge in [-0.3, -0.25) is 0 Å². The van der Waals surface area contributed by atoms with Crippen molar-refractivity contribution in [2.45, 2.75) is 33.4 Å². The Kier molecular flexibility index (Phi) is 8.19. The van der Waals surface area contributed by atoms with Gasteiger partial charge in [0, 0.05) is 29.2 Å². The number of aliphatic imine (C=N–C) groups is 1. The number of ether oxygens (including phenoxy) is 3. The summed E-state index contributed by atoms with van der Waals surface area (Å²) in [6, 6.07) is 3.70. The highest BCUT2D eigenvalue weighted by Gasteiger charge is 2.12. The first-order chi connectivity index (χ1) is 13.1. The van der Waals surface area contributed by atoms with Crippen LogP contribution in [0.4, 0.5) is 0 Å². The molecular weight excluding hydrogens is 364 g/mol. The normalized spacial score (nSPS) is 11.2. The molecule has 0 fully saturated rings. The van der Waals surface area contributed by atoms with Crippen molar-refractivity contribution >= 4 is 17.3 Å². The predicted octanol–water partition coefficient (Wildman–Crippen LogP) is 2.99. The molecule has 27 heavy (non-hydrogen) atoms. The summed E-state index contributed by atoms with van der Waals surface area (Å²) >= 11 is 1.72. The first kappa shape index (κ1) is 20.8. The Morgan fingerprint density at radius 1 is 1.04 bits per heavy atom. The monoisotopic (exact) mass is 392 g/mol. The predicted molar refractivity (Wildman–Crippen MR) is 109 cm³/mol. The Bertz CT molecular complexity index is 761. The zero-order chi connectivity index (χ0) is 19.6. The highest BCUT2D eigenvalue weighted by Crippen LogP contribution is 2.34. The van der Waals surface area contributed by atoms with Crippen LogP contribution in [0.5, 0.6) is 17.2 Å². The summed E-state index contributed by atoms with van der Waals surface area (Å²) in [6.45, 7) is 6.02. The van der Waals surface area contributed by atoms with Gasteiger partial charge in [0.05, 0.1) is 34.4 Å². The van der Waals surface area contributed by atoms with Crippen LogP contribution in [0.2, 0.25) is 0 Å². The van der Waals surface area contributed by atoms with Gasteiger partial charge < -0.3 is 24.8 Å². The largest absolute Gasteiger partial charge is 0.496 e. The van der Waals surface area contributed by atoms with Gasteiger partial charge >= 0.3 is 0 Å². The summed E-state index contributed by atoms with van der Waals surface area (Å²) in [7, 11) is 4.85. The molecule has 1 heterocycles. The second kappa shape index (κ2) is 10.6. The minimum absolute atomic E-state index is 0.441. The van der Waals surface area contributed by atoms with Crippen LogP contribution in [-0.4, -0.2) is 38.8 Å². The quantitative estimate of drug-likeness (QED) is 0.505. The molecule has 1 aromatic heterocycles. The molecule has 148 valence electrons. The first-order valence-corrected chi connectivity index (χ1v) is 9.71. The van der Waals surface area contributed by atoms with E-state index < -0.39 is 0 Å². The van der Waals surface area contributed by atoms with E-state index in [0.29, 0.717) is 30.3 Å². The van der Waals surface area contributed by atoms with Gasteiger partial charge in [-0.2, -0.15) is 0 Å². The highest BCUT2D eigenvalue weighted by molar-refractivity contribution is 7.11. The molecule has 2 rings (SSSR count). The molecule has 0 radical (unpaired) electrons. The molecule has 7 nitrogen and oxygen atoms in total. The van der Waals surface area contributed by atoms with E-state index >= 15 is 0 Å². The van der Waals surface area contributed by atoms with Crippen LogP contribution in [0.1, 0.15) is 29.3 Å². The van der Waals surface area contributed by atoms with Crippen LogP contribution in [-0.2, 0) is 19.5 Å². The van der Waals surface area contributed by atoms with E-state index in [-0.39, 0.29) is 0 Å². The maximum absolute atomic E-state index is 5.47. The van der Waals surface area contributed by atoms with Gasteiger partial charge in [-0.05, 0) is 19.4 Å². The maximum Gasteiger partial charge on any atom is 0.191 e. The lowest BCUT2D eigenvalue weighted by Crippen LogP contribution is -2.36. The minimum Gasteiger partial charge on any atom is -0.496 e. The van der Waals surface area contributed by atoms with Crippen molar-refractivity contribution < 1.29 is 14.2 Å². The third kappa shape index (κ3) is 5.75. The molecule has 0 saturated carbocycles. The number of hydrogen-bond donors (Lipinski definition) is 2. The minimum atomic E-state index is 0.441. The number of nitrogens with zero attached hydrogens (tertiary/aromatic N) is 2. The summed E-state index contributed by atoms with van der Waals surface area (Å²) in [4.78, 5) is 10.4. The Morgan fingerprint density at radius 3 is 2.33 bits per heavy atom. The van der Waals surface area contributed by atoms with Crippen LogP contribution >= 0.6 is 11.3 Å². The lowest BCUT2D eigenvalue weighted by Gasteiger charge is -2.14. The van der Waals surface area contributed by atoms with Crippen molar-refractivity contribution in [1.29, 1.82) is 0 Å². The average molecular weight is 393 g/mol. The van der Waals surface area contributed by atoms with Crippen LogP contribution < -0.4 is 24.8 Å². The fourth-order valence-electron chi connectivity index (χ4n) is 2.47. The number of aryl methyl sites for hydroxylation is 1. The van der Waals surface area contributed by atoms with Gasteiger partial charge in [-0.15, -0.1) is 11.3 Å². The number of thiazole rings is 1. The molecule has 0 unspecified atom stereocenters. The van der Waals surface area contributed by atoms with Crippen molar-refractivity contribution in [2.24, 2.45) is 4.99 Å². The summed E-state index contributed by atoms with van der Waals surface area (Å²) in [5.41, 5.74) is 0.912. The zero-order valence-corrected chi connectivity index (χ0v) is 17.4. The second-order valence-electron chi connectivity index (χ2n) is 5.64. The van der Waals surface area contributed by atoms with E-state index in [4.69, 9.17) is 14.2 Å². The van der Waals surface area contributed by atoms with E-state index in [9.17, 15) is 0 Å². The van der Waals surface area contributed by atoms with E-state index in [1.807, 2.05) is 25.3 Å². The van der Waals surface area contributed by atoms with Crippen LogP contribution in [0.25, 0.3) is 0 Å². The first-order valence-electron chi connectivity index (χ1n) is 8.89. The Labute approximate surface area is 164 Å². The fraction of sp³-hybridized carbons (Fsp3) is 0.474. The number of nitrogens with one attached hydrogen (secondary N) is 2. The average Bonchev–Trinajstić information content (AvgIpc) is 3.17. The lowest BCUT2D eigenvalue weighted by molar-refractivity contribution is 0.347. The van der Waals surface area contributed by atoms with Gasteiger partial charge in [0.2, 0.25) is 0 Å². The van der Waals surface area contributed by atoms with Gasteiger partial charge in [-0.25, -0.2) is 9.98 Å². The number of benzene rings is 1. The third-order valence-corrected chi connectivity index (χ3v) is 5.04. The summed E-state index contributed by atoms with van der Waals surface area (Å²) < 4.78 is 16.2. The summed E-state index contributed by atoms with van der Waals surface area (Å²) in [5.74, 6) is 2.71. The van der Waals surface area contributed by atoms with Crippen LogP contribution in [0.3, 0.4) is 0 Å². The Morgan fingerprint density at radius 2 is 1.74 bits per heavy atom. The fourth-order valence-corrected chi connectivity index (χ4v) is 3.28. The molecule has 2 N–H and O–H groups in total. The van der Waals surface area contributed by atoms with Gasteiger partial charge in [0.15, 0.2) is 17.5 Å². The van der Waals surface area contributed by atoms with Crippen molar-refractivity contribution in [3.05, 3.63) is 33.8 Å². The molecule has 0 atom stereocenters. The van der Waals surface area contributed by atoms with E-state index in [1.54, 1.807) is 32.7 Å². The maximum atomic E-state index is 5.47. The summed E-state index contributed by atoms with van der Waals surface area (Å²) in [6.07, 6.45) is 2.94. The molecule has 1 aromatic carbocycles. The van der Waals surface area contributed by atoms with Crippen molar-refractivity contribution in [3.63, 3.8) is 0 Å². The SMILES string of the molecule is CCNC(=NCc1cc(OC)c(OC)cc1OC)NCc1ncc(CC)s1. The van der Waals surface area contributed by atoms with E-state index in [1.165, 1.54) is 4.88 Å².